The van der Waals surface area contributed by atoms with Crippen LogP contribution in [0, 0.1) is 0 Å². The minimum atomic E-state index is -0.737. The monoisotopic (exact) mass is 289 g/mol. The lowest BCUT2D eigenvalue weighted by molar-refractivity contribution is 0.0858. The molecule has 0 unspecified atom stereocenters. The maximum absolute atomic E-state index is 12.1. The second-order valence-electron chi connectivity index (χ2n) is 5.01. The Morgan fingerprint density at radius 3 is 2.71 bits per heavy atom. The van der Waals surface area contributed by atoms with Gasteiger partial charge in [0.2, 0.25) is 0 Å². The van der Waals surface area contributed by atoms with Gasteiger partial charge in [0, 0.05) is 18.7 Å². The van der Waals surface area contributed by atoms with Crippen LogP contribution in [0.15, 0.2) is 27.8 Å². The van der Waals surface area contributed by atoms with Gasteiger partial charge < -0.3 is 20.0 Å². The van der Waals surface area contributed by atoms with E-state index in [1.807, 2.05) is 0 Å². The predicted octanol–water partition coefficient (Wildman–Crippen LogP) is 0.125. The van der Waals surface area contributed by atoms with Crippen LogP contribution in [-0.4, -0.2) is 35.1 Å². The third kappa shape index (κ3) is 2.87. The van der Waals surface area contributed by atoms with Crippen molar-refractivity contribution in [1.82, 2.24) is 15.3 Å². The molecular formula is C14H15N3O4. The number of aromatic nitrogens is 2. The molecule has 0 aliphatic carbocycles. The Kier molecular flexibility index (Phi) is 3.57. The third-order valence-electron chi connectivity index (χ3n) is 3.50. The van der Waals surface area contributed by atoms with Gasteiger partial charge in [0.25, 0.3) is 5.91 Å². The topological polar surface area (TPSA) is 104 Å². The summed E-state index contributed by atoms with van der Waals surface area (Å²) < 4.78 is 5.44. The van der Waals surface area contributed by atoms with E-state index in [9.17, 15) is 14.4 Å². The number of fused-ring (bicyclic) bond motifs is 1. The highest BCUT2D eigenvalue weighted by Gasteiger charge is 2.16. The minimum Gasteiger partial charge on any atom is -0.376 e. The number of H-pyrrole nitrogens is 2. The van der Waals surface area contributed by atoms with Crippen molar-refractivity contribution < 1.29 is 9.53 Å². The maximum Gasteiger partial charge on any atom is 0.314 e. The fraction of sp³-hybridized carbons (Fsp3) is 0.357. The van der Waals surface area contributed by atoms with Crippen LogP contribution in [0.3, 0.4) is 0 Å². The molecular weight excluding hydrogens is 274 g/mol. The Morgan fingerprint density at radius 2 is 2.00 bits per heavy atom. The molecule has 1 amide bonds. The maximum atomic E-state index is 12.1. The molecule has 7 heteroatoms. The Bertz CT molecular complexity index is 787. The van der Waals surface area contributed by atoms with Gasteiger partial charge in [0.15, 0.2) is 0 Å². The van der Waals surface area contributed by atoms with E-state index in [1.165, 1.54) is 6.07 Å². The summed E-state index contributed by atoms with van der Waals surface area (Å²) in [6, 6.07) is 4.73. The van der Waals surface area contributed by atoms with Crippen molar-refractivity contribution >= 4 is 16.9 Å². The Morgan fingerprint density at radius 1 is 1.24 bits per heavy atom. The van der Waals surface area contributed by atoms with Crippen LogP contribution in [0.5, 0.6) is 0 Å². The van der Waals surface area contributed by atoms with Gasteiger partial charge in [-0.25, -0.2) is 0 Å². The number of hydrogen-bond acceptors (Lipinski definition) is 4. The van der Waals surface area contributed by atoms with Crippen molar-refractivity contribution in [3.63, 3.8) is 0 Å². The molecule has 1 atom stereocenters. The molecule has 1 aliphatic rings. The van der Waals surface area contributed by atoms with E-state index in [-0.39, 0.29) is 12.0 Å². The average Bonchev–Trinajstić information content (AvgIpc) is 2.99. The summed E-state index contributed by atoms with van der Waals surface area (Å²) in [6.07, 6.45) is 2.04. The second-order valence-corrected chi connectivity index (χ2v) is 5.01. The molecule has 7 nitrogen and oxygen atoms in total. The van der Waals surface area contributed by atoms with E-state index < -0.39 is 11.1 Å². The van der Waals surface area contributed by atoms with Crippen LogP contribution in [0.25, 0.3) is 11.0 Å². The van der Waals surface area contributed by atoms with Crippen LogP contribution in [0.1, 0.15) is 23.2 Å². The quantitative estimate of drug-likeness (QED) is 0.698. The number of rotatable bonds is 3. The Balaban J connectivity index is 1.79. The lowest BCUT2D eigenvalue weighted by atomic mass is 10.1. The van der Waals surface area contributed by atoms with E-state index >= 15 is 0 Å². The molecule has 0 bridgehead atoms. The predicted molar refractivity (Wildman–Crippen MR) is 76.5 cm³/mol. The standard InChI is InChI=1S/C14H15N3O4/c18-12(15-7-9-2-1-5-21-9)8-3-4-10-11(6-8)17-14(20)13(19)16-10/h3-4,6,9H,1-2,5,7H2,(H,15,18)(H,16,19)(H,17,20)/t9-/m1/s1. The number of amides is 1. The molecule has 1 aromatic heterocycles. The zero-order chi connectivity index (χ0) is 14.8. The summed E-state index contributed by atoms with van der Waals surface area (Å²) in [7, 11) is 0. The molecule has 0 radical (unpaired) electrons. The number of benzene rings is 1. The lowest BCUT2D eigenvalue weighted by Gasteiger charge is -2.11. The van der Waals surface area contributed by atoms with Crippen LogP contribution in [-0.2, 0) is 4.74 Å². The second kappa shape index (κ2) is 5.53. The fourth-order valence-corrected chi connectivity index (χ4v) is 2.37. The number of carbonyl (C=O) groups excluding carboxylic acids is 1. The van der Waals surface area contributed by atoms with Crippen molar-refractivity contribution in [1.29, 1.82) is 0 Å². The van der Waals surface area contributed by atoms with Crippen molar-refractivity contribution in [3.8, 4) is 0 Å². The molecule has 1 aromatic carbocycles. The molecule has 0 spiro atoms. The highest BCUT2D eigenvalue weighted by Crippen LogP contribution is 2.12. The summed E-state index contributed by atoms with van der Waals surface area (Å²) in [5.41, 5.74) is -0.125. The first-order chi connectivity index (χ1) is 10.1. The van der Waals surface area contributed by atoms with E-state index in [0.717, 1.165) is 19.4 Å². The van der Waals surface area contributed by atoms with Crippen LogP contribution in [0.4, 0.5) is 0 Å². The summed E-state index contributed by atoms with van der Waals surface area (Å²) in [5.74, 6) is -0.237. The number of ether oxygens (including phenoxy) is 1. The first-order valence-corrected chi connectivity index (χ1v) is 6.79. The van der Waals surface area contributed by atoms with Gasteiger partial charge in [-0.1, -0.05) is 0 Å². The van der Waals surface area contributed by atoms with Crippen LogP contribution >= 0.6 is 0 Å². The SMILES string of the molecule is O=C(NC[C@H]1CCCO1)c1ccc2[nH]c(=O)c(=O)[nH]c2c1. The summed E-state index contributed by atoms with van der Waals surface area (Å²) in [5, 5.41) is 2.80. The third-order valence-corrected chi connectivity index (χ3v) is 3.50. The molecule has 3 rings (SSSR count). The molecule has 3 N–H and O–H groups in total. The number of aromatic amines is 2. The van der Waals surface area contributed by atoms with Gasteiger partial charge in [-0.05, 0) is 31.0 Å². The molecule has 0 saturated carbocycles. The number of carbonyl (C=O) groups is 1. The number of nitrogens with one attached hydrogen (secondary N) is 3. The first-order valence-electron chi connectivity index (χ1n) is 6.79. The van der Waals surface area contributed by atoms with E-state index in [4.69, 9.17) is 4.74 Å². The van der Waals surface area contributed by atoms with E-state index in [0.29, 0.717) is 23.1 Å². The minimum absolute atomic E-state index is 0.0746. The summed E-state index contributed by atoms with van der Waals surface area (Å²) >= 11 is 0. The smallest absolute Gasteiger partial charge is 0.314 e. The average molecular weight is 289 g/mol. The number of hydrogen-bond donors (Lipinski definition) is 3. The lowest BCUT2D eigenvalue weighted by Crippen LogP contribution is -2.32. The van der Waals surface area contributed by atoms with Crippen LogP contribution in [0.2, 0.25) is 0 Å². The van der Waals surface area contributed by atoms with Crippen molar-refractivity contribution in [2.75, 3.05) is 13.2 Å². The van der Waals surface area contributed by atoms with Gasteiger partial charge in [-0.2, -0.15) is 0 Å². The molecule has 21 heavy (non-hydrogen) atoms. The first kappa shape index (κ1) is 13.6. The zero-order valence-corrected chi connectivity index (χ0v) is 11.3. The molecule has 2 aromatic rings. The van der Waals surface area contributed by atoms with Crippen LogP contribution < -0.4 is 16.4 Å². The zero-order valence-electron chi connectivity index (χ0n) is 11.3. The summed E-state index contributed by atoms with van der Waals surface area (Å²) in [6.45, 7) is 1.21. The van der Waals surface area contributed by atoms with Gasteiger partial charge in [-0.3, -0.25) is 14.4 Å². The fourth-order valence-electron chi connectivity index (χ4n) is 2.37. The molecule has 1 fully saturated rings. The highest BCUT2D eigenvalue weighted by molar-refractivity contribution is 5.97. The normalized spacial score (nSPS) is 18.0. The van der Waals surface area contributed by atoms with E-state index in [2.05, 4.69) is 15.3 Å². The molecule has 1 saturated heterocycles. The van der Waals surface area contributed by atoms with Crippen molar-refractivity contribution in [2.45, 2.75) is 18.9 Å². The molecule has 110 valence electrons. The Labute approximate surface area is 119 Å². The molecule has 2 heterocycles. The van der Waals surface area contributed by atoms with Gasteiger partial charge >= 0.3 is 11.1 Å². The van der Waals surface area contributed by atoms with E-state index in [1.54, 1.807) is 12.1 Å². The Hall–Kier alpha value is -2.41. The van der Waals surface area contributed by atoms with Crippen molar-refractivity contribution in [2.24, 2.45) is 0 Å². The van der Waals surface area contributed by atoms with Gasteiger partial charge in [0.05, 0.1) is 17.1 Å². The molecule has 1 aliphatic heterocycles. The van der Waals surface area contributed by atoms with Gasteiger partial charge in [0.1, 0.15) is 0 Å². The van der Waals surface area contributed by atoms with Gasteiger partial charge in [-0.15, -0.1) is 0 Å². The summed E-state index contributed by atoms with van der Waals surface area (Å²) in [4.78, 5) is 39.5. The largest absolute Gasteiger partial charge is 0.376 e. The highest BCUT2D eigenvalue weighted by atomic mass is 16.5. The van der Waals surface area contributed by atoms with Crippen molar-refractivity contribution in [3.05, 3.63) is 44.5 Å².